The molecule has 2 heterocycles. The summed E-state index contributed by atoms with van der Waals surface area (Å²) in [5.74, 6) is 1.05. The minimum absolute atomic E-state index is 0.574. The highest BCUT2D eigenvalue weighted by molar-refractivity contribution is 9.13. The predicted octanol–water partition coefficient (Wildman–Crippen LogP) is 3.77. The Bertz CT molecular complexity index is 676. The van der Waals surface area contributed by atoms with Crippen molar-refractivity contribution in [2.24, 2.45) is 0 Å². The van der Waals surface area contributed by atoms with Crippen LogP contribution < -0.4 is 5.49 Å². The maximum Gasteiger partial charge on any atom is 0.136 e. The topological polar surface area (TPSA) is 41.7 Å². The van der Waals surface area contributed by atoms with E-state index in [9.17, 15) is 0 Å². The van der Waals surface area contributed by atoms with Gasteiger partial charge < -0.3 is 4.57 Å². The average Bonchev–Trinajstić information content (AvgIpc) is 2.59. The molecule has 1 aromatic heterocycles. The maximum atomic E-state index is 8.42. The van der Waals surface area contributed by atoms with Gasteiger partial charge in [0.25, 0.3) is 0 Å². The van der Waals surface area contributed by atoms with Gasteiger partial charge in [0.1, 0.15) is 11.3 Å². The SMILES string of the molecule is N=c1c2c(Br)c(Br)ccc2nc2n1CCCCC2. The lowest BCUT2D eigenvalue weighted by Gasteiger charge is -2.13. The van der Waals surface area contributed by atoms with Crippen LogP contribution in [0.4, 0.5) is 0 Å². The fraction of sp³-hybridized carbons (Fsp3) is 0.385. The van der Waals surface area contributed by atoms with Crippen molar-refractivity contribution in [1.29, 1.82) is 5.41 Å². The maximum absolute atomic E-state index is 8.42. The smallest absolute Gasteiger partial charge is 0.136 e. The van der Waals surface area contributed by atoms with Crippen molar-refractivity contribution in [3.8, 4) is 0 Å². The van der Waals surface area contributed by atoms with Gasteiger partial charge in [-0.05, 0) is 56.8 Å². The molecule has 3 rings (SSSR count). The third-order valence-electron chi connectivity index (χ3n) is 3.42. The van der Waals surface area contributed by atoms with Crippen LogP contribution in [0.1, 0.15) is 25.1 Å². The van der Waals surface area contributed by atoms with Gasteiger partial charge in [-0.15, -0.1) is 0 Å². The molecule has 2 aromatic rings. The number of rotatable bonds is 0. The number of hydrogen-bond acceptors (Lipinski definition) is 2. The van der Waals surface area contributed by atoms with Crippen LogP contribution in [0.3, 0.4) is 0 Å². The predicted molar refractivity (Wildman–Crippen MR) is 78.5 cm³/mol. The first-order chi connectivity index (χ1) is 8.68. The van der Waals surface area contributed by atoms with Crippen LogP contribution in [0.2, 0.25) is 0 Å². The van der Waals surface area contributed by atoms with Crippen LogP contribution in [0.15, 0.2) is 21.1 Å². The van der Waals surface area contributed by atoms with Crippen molar-refractivity contribution in [3.63, 3.8) is 0 Å². The van der Waals surface area contributed by atoms with Crippen molar-refractivity contribution < 1.29 is 0 Å². The number of halogens is 2. The lowest BCUT2D eigenvalue weighted by Crippen LogP contribution is -2.25. The highest BCUT2D eigenvalue weighted by atomic mass is 79.9. The van der Waals surface area contributed by atoms with E-state index in [-0.39, 0.29) is 0 Å². The fourth-order valence-electron chi connectivity index (χ4n) is 2.48. The molecule has 1 N–H and O–H groups in total. The first-order valence-electron chi connectivity index (χ1n) is 6.10. The zero-order chi connectivity index (χ0) is 12.7. The van der Waals surface area contributed by atoms with E-state index >= 15 is 0 Å². The molecule has 0 atom stereocenters. The van der Waals surface area contributed by atoms with Crippen LogP contribution >= 0.6 is 31.9 Å². The Balaban J connectivity index is 2.39. The lowest BCUT2D eigenvalue weighted by molar-refractivity contribution is 0.602. The van der Waals surface area contributed by atoms with E-state index in [4.69, 9.17) is 10.4 Å². The summed E-state index contributed by atoms with van der Waals surface area (Å²) in [4.78, 5) is 4.73. The normalized spacial score (nSPS) is 15.4. The molecule has 0 bridgehead atoms. The molecule has 1 aromatic carbocycles. The number of aryl methyl sites for hydroxylation is 1. The number of benzene rings is 1. The summed E-state index contributed by atoms with van der Waals surface area (Å²) in [6.45, 7) is 0.913. The van der Waals surface area contributed by atoms with E-state index < -0.39 is 0 Å². The first kappa shape index (κ1) is 12.4. The van der Waals surface area contributed by atoms with Gasteiger partial charge in [0.2, 0.25) is 0 Å². The van der Waals surface area contributed by atoms with Crippen molar-refractivity contribution in [2.45, 2.75) is 32.2 Å². The van der Waals surface area contributed by atoms with Crippen molar-refractivity contribution in [1.82, 2.24) is 9.55 Å². The van der Waals surface area contributed by atoms with E-state index in [2.05, 4.69) is 36.4 Å². The second-order valence-corrected chi connectivity index (χ2v) is 6.24. The summed E-state index contributed by atoms with van der Waals surface area (Å²) >= 11 is 7.05. The Kier molecular flexibility index (Phi) is 3.28. The van der Waals surface area contributed by atoms with E-state index in [0.717, 1.165) is 45.1 Å². The van der Waals surface area contributed by atoms with Crippen LogP contribution in [-0.2, 0) is 13.0 Å². The summed E-state index contributed by atoms with van der Waals surface area (Å²) in [6.07, 6.45) is 4.53. The molecule has 0 radical (unpaired) electrons. The third-order valence-corrected chi connectivity index (χ3v) is 5.44. The Morgan fingerprint density at radius 1 is 1.17 bits per heavy atom. The molecule has 0 aliphatic carbocycles. The zero-order valence-corrected chi connectivity index (χ0v) is 13.0. The second kappa shape index (κ2) is 4.78. The van der Waals surface area contributed by atoms with Crippen LogP contribution in [0, 0.1) is 5.41 Å². The molecular formula is C13H13Br2N3. The number of nitrogens with one attached hydrogen (secondary N) is 1. The van der Waals surface area contributed by atoms with Crippen molar-refractivity contribution in [2.75, 3.05) is 0 Å². The standard InChI is InChI=1S/C13H13Br2N3/c14-8-5-6-9-11(12(8)15)13(16)18-7-3-1-2-4-10(18)17-9/h5-6,16H,1-4,7H2. The molecule has 94 valence electrons. The molecule has 5 heteroatoms. The molecule has 18 heavy (non-hydrogen) atoms. The van der Waals surface area contributed by atoms with Gasteiger partial charge in [-0.1, -0.05) is 6.42 Å². The van der Waals surface area contributed by atoms with Gasteiger partial charge in [0, 0.05) is 21.9 Å². The van der Waals surface area contributed by atoms with Gasteiger partial charge in [0.05, 0.1) is 10.9 Å². The molecule has 0 saturated carbocycles. The minimum atomic E-state index is 0.574. The Morgan fingerprint density at radius 3 is 2.83 bits per heavy atom. The number of fused-ring (bicyclic) bond motifs is 2. The number of hydrogen-bond donors (Lipinski definition) is 1. The molecule has 0 spiro atoms. The van der Waals surface area contributed by atoms with Crippen molar-refractivity contribution >= 4 is 42.8 Å². The van der Waals surface area contributed by atoms with Gasteiger partial charge in [-0.25, -0.2) is 4.98 Å². The minimum Gasteiger partial charge on any atom is -0.314 e. The molecule has 3 nitrogen and oxygen atoms in total. The van der Waals surface area contributed by atoms with Gasteiger partial charge >= 0.3 is 0 Å². The van der Waals surface area contributed by atoms with Crippen LogP contribution in [0.5, 0.6) is 0 Å². The molecule has 0 saturated heterocycles. The molecular weight excluding hydrogens is 358 g/mol. The quantitative estimate of drug-likeness (QED) is 0.753. The van der Waals surface area contributed by atoms with E-state index in [1.54, 1.807) is 0 Å². The van der Waals surface area contributed by atoms with E-state index in [1.165, 1.54) is 12.8 Å². The Labute approximate surface area is 122 Å². The summed E-state index contributed by atoms with van der Waals surface area (Å²) in [7, 11) is 0. The molecule has 0 unspecified atom stereocenters. The van der Waals surface area contributed by atoms with Crippen LogP contribution in [-0.4, -0.2) is 9.55 Å². The average molecular weight is 371 g/mol. The molecule has 1 aliphatic heterocycles. The van der Waals surface area contributed by atoms with Crippen molar-refractivity contribution in [3.05, 3.63) is 32.4 Å². The number of aromatic nitrogens is 2. The molecule has 1 aliphatic rings. The lowest BCUT2D eigenvalue weighted by atomic mass is 10.2. The van der Waals surface area contributed by atoms with Gasteiger partial charge in [-0.2, -0.15) is 0 Å². The van der Waals surface area contributed by atoms with E-state index in [0.29, 0.717) is 5.49 Å². The highest BCUT2D eigenvalue weighted by Crippen LogP contribution is 2.29. The Hall–Kier alpha value is -0.680. The summed E-state index contributed by atoms with van der Waals surface area (Å²) in [5.41, 5.74) is 1.48. The van der Waals surface area contributed by atoms with Crippen LogP contribution in [0.25, 0.3) is 10.9 Å². The third kappa shape index (κ3) is 1.93. The van der Waals surface area contributed by atoms with Gasteiger partial charge in [-0.3, -0.25) is 5.41 Å². The first-order valence-corrected chi connectivity index (χ1v) is 7.69. The monoisotopic (exact) mass is 369 g/mol. The second-order valence-electron chi connectivity index (χ2n) is 4.59. The Morgan fingerprint density at radius 2 is 2.00 bits per heavy atom. The summed E-state index contributed by atoms with van der Waals surface area (Å²) < 4.78 is 3.96. The van der Waals surface area contributed by atoms with E-state index in [1.807, 2.05) is 12.1 Å². The highest BCUT2D eigenvalue weighted by Gasteiger charge is 2.14. The largest absolute Gasteiger partial charge is 0.314 e. The summed E-state index contributed by atoms with van der Waals surface area (Å²) in [6, 6.07) is 3.96. The molecule has 0 fully saturated rings. The zero-order valence-electron chi connectivity index (χ0n) is 9.84. The summed E-state index contributed by atoms with van der Waals surface area (Å²) in [5, 5.41) is 9.32. The fourth-order valence-corrected chi connectivity index (χ4v) is 3.34. The molecule has 0 amide bonds. The number of nitrogens with zero attached hydrogens (tertiary/aromatic N) is 2. The van der Waals surface area contributed by atoms with Gasteiger partial charge in [0.15, 0.2) is 0 Å².